The molecule has 4 nitrogen and oxygen atoms in total. The molecule has 3 aromatic rings. The third kappa shape index (κ3) is 4.19. The summed E-state index contributed by atoms with van der Waals surface area (Å²) in [7, 11) is 0. The summed E-state index contributed by atoms with van der Waals surface area (Å²) >= 11 is 1.59. The number of nitrogens with zero attached hydrogens (tertiary/aromatic N) is 2. The number of fused-ring (bicyclic) bond motifs is 1. The molecule has 0 aliphatic carbocycles. The van der Waals surface area contributed by atoms with E-state index in [1.165, 1.54) is 0 Å². The van der Waals surface area contributed by atoms with Crippen LogP contribution in [0.25, 0.3) is 10.2 Å². The van der Waals surface area contributed by atoms with Gasteiger partial charge in [0.25, 0.3) is 0 Å². The van der Waals surface area contributed by atoms with Crippen molar-refractivity contribution in [1.29, 1.82) is 0 Å². The van der Waals surface area contributed by atoms with Gasteiger partial charge in [-0.3, -0.25) is 4.79 Å². The largest absolute Gasteiger partial charge is 0.419 e. The van der Waals surface area contributed by atoms with Gasteiger partial charge in [0.05, 0.1) is 15.8 Å². The van der Waals surface area contributed by atoms with E-state index >= 15 is 0 Å². The fraction of sp³-hybridized carbons (Fsp3) is 0.300. The molecule has 4 rings (SSSR count). The molecule has 0 saturated carbocycles. The number of piperidine rings is 1. The number of thiazole rings is 1. The van der Waals surface area contributed by atoms with Crippen LogP contribution in [0, 0.1) is 11.7 Å². The van der Waals surface area contributed by atoms with Gasteiger partial charge in [-0.1, -0.05) is 23.5 Å². The van der Waals surface area contributed by atoms with E-state index in [4.69, 9.17) is 0 Å². The standard InChI is InChI=1S/C20H17F4N3OS/c21-15-6-5-13(11-14(15)20(22,23)24)25-18(28)12-7-9-27(10-8-12)19-26-16-3-1-2-4-17(16)29-19/h1-6,11-12H,7-10H2,(H,25,28). The van der Waals surface area contributed by atoms with E-state index in [1.807, 2.05) is 24.3 Å². The molecular weight excluding hydrogens is 406 g/mol. The van der Waals surface area contributed by atoms with Crippen LogP contribution >= 0.6 is 11.3 Å². The lowest BCUT2D eigenvalue weighted by Crippen LogP contribution is -2.38. The van der Waals surface area contributed by atoms with E-state index in [0.29, 0.717) is 38.1 Å². The first-order chi connectivity index (χ1) is 13.8. The first kappa shape index (κ1) is 19.6. The number of alkyl halides is 3. The first-order valence-electron chi connectivity index (χ1n) is 9.09. The average molecular weight is 423 g/mol. The number of hydrogen-bond donors (Lipinski definition) is 1. The molecule has 0 atom stereocenters. The number of nitrogens with one attached hydrogen (secondary N) is 1. The van der Waals surface area contributed by atoms with Gasteiger partial charge in [0, 0.05) is 24.7 Å². The van der Waals surface area contributed by atoms with Crippen molar-refractivity contribution in [2.75, 3.05) is 23.3 Å². The molecule has 9 heteroatoms. The predicted octanol–water partition coefficient (Wildman–Crippen LogP) is 5.31. The molecule has 2 aromatic carbocycles. The molecule has 1 aliphatic heterocycles. The Morgan fingerprint density at radius 3 is 2.55 bits per heavy atom. The molecule has 0 bridgehead atoms. The minimum Gasteiger partial charge on any atom is -0.348 e. The zero-order valence-electron chi connectivity index (χ0n) is 15.2. The monoisotopic (exact) mass is 423 g/mol. The Hall–Kier alpha value is -2.68. The third-order valence-electron chi connectivity index (χ3n) is 4.96. The van der Waals surface area contributed by atoms with Crippen LogP contribution in [0.15, 0.2) is 42.5 Å². The van der Waals surface area contributed by atoms with E-state index in [0.717, 1.165) is 21.4 Å². The van der Waals surface area contributed by atoms with Crippen LogP contribution in [-0.2, 0) is 11.0 Å². The van der Waals surface area contributed by atoms with Crippen molar-refractivity contribution in [1.82, 2.24) is 4.98 Å². The lowest BCUT2D eigenvalue weighted by atomic mass is 9.96. The lowest BCUT2D eigenvalue weighted by Gasteiger charge is -2.31. The minimum atomic E-state index is -4.81. The van der Waals surface area contributed by atoms with Crippen LogP contribution in [0.1, 0.15) is 18.4 Å². The van der Waals surface area contributed by atoms with E-state index in [1.54, 1.807) is 11.3 Å². The molecule has 1 saturated heterocycles. The van der Waals surface area contributed by atoms with Crippen LogP contribution in [-0.4, -0.2) is 24.0 Å². The maximum atomic E-state index is 13.4. The maximum Gasteiger partial charge on any atom is 0.419 e. The van der Waals surface area contributed by atoms with Crippen molar-refractivity contribution >= 4 is 38.3 Å². The number of amides is 1. The second-order valence-electron chi connectivity index (χ2n) is 6.91. The normalized spacial score (nSPS) is 15.7. The van der Waals surface area contributed by atoms with Gasteiger partial charge in [0.15, 0.2) is 5.13 Å². The molecule has 152 valence electrons. The number of carbonyl (C=O) groups is 1. The molecule has 29 heavy (non-hydrogen) atoms. The Morgan fingerprint density at radius 2 is 1.86 bits per heavy atom. The van der Waals surface area contributed by atoms with Gasteiger partial charge >= 0.3 is 6.18 Å². The minimum absolute atomic E-state index is 0.0580. The van der Waals surface area contributed by atoms with Crippen LogP contribution in [0.4, 0.5) is 28.4 Å². The van der Waals surface area contributed by atoms with Crippen molar-refractivity contribution in [3.05, 3.63) is 53.8 Å². The lowest BCUT2D eigenvalue weighted by molar-refractivity contribution is -0.140. The van der Waals surface area contributed by atoms with E-state index in [-0.39, 0.29) is 17.5 Å². The molecule has 1 fully saturated rings. The Kier molecular flexibility index (Phi) is 5.16. The van der Waals surface area contributed by atoms with Crippen molar-refractivity contribution in [2.24, 2.45) is 5.92 Å². The summed E-state index contributed by atoms with van der Waals surface area (Å²) in [5, 5.41) is 3.39. The molecule has 0 radical (unpaired) electrons. The number of anilines is 2. The fourth-order valence-electron chi connectivity index (χ4n) is 3.39. The number of carbonyl (C=O) groups excluding carboxylic acids is 1. The molecule has 0 spiro atoms. The van der Waals surface area contributed by atoms with Gasteiger partial charge in [-0.05, 0) is 43.2 Å². The number of para-hydroxylation sites is 1. The topological polar surface area (TPSA) is 45.2 Å². The molecule has 0 unspecified atom stereocenters. The molecule has 2 heterocycles. The highest BCUT2D eigenvalue weighted by atomic mass is 32.1. The van der Waals surface area contributed by atoms with Crippen LogP contribution in [0.3, 0.4) is 0 Å². The number of rotatable bonds is 3. The summed E-state index contributed by atoms with van der Waals surface area (Å²) in [6, 6.07) is 10.3. The summed E-state index contributed by atoms with van der Waals surface area (Å²) in [5.74, 6) is -2.03. The SMILES string of the molecule is O=C(Nc1ccc(F)c(C(F)(F)F)c1)C1CCN(c2nc3ccccc3s2)CC1. The second kappa shape index (κ2) is 7.62. The van der Waals surface area contributed by atoms with Gasteiger partial charge in [-0.25, -0.2) is 9.37 Å². The Balaban J connectivity index is 1.39. The average Bonchev–Trinajstić information content (AvgIpc) is 3.13. The number of aromatic nitrogens is 1. The summed E-state index contributed by atoms with van der Waals surface area (Å²) < 4.78 is 53.0. The zero-order valence-corrected chi connectivity index (χ0v) is 16.0. The summed E-state index contributed by atoms with van der Waals surface area (Å²) in [6.07, 6.45) is -3.68. The van der Waals surface area contributed by atoms with Crippen LogP contribution < -0.4 is 10.2 Å². The van der Waals surface area contributed by atoms with E-state index < -0.39 is 17.6 Å². The predicted molar refractivity (Wildman–Crippen MR) is 105 cm³/mol. The highest BCUT2D eigenvalue weighted by Gasteiger charge is 2.34. The molecule has 1 amide bonds. The first-order valence-corrected chi connectivity index (χ1v) is 9.91. The Labute approximate surface area is 168 Å². The van der Waals surface area contributed by atoms with Crippen molar-refractivity contribution < 1.29 is 22.4 Å². The summed E-state index contributed by atoms with van der Waals surface area (Å²) in [4.78, 5) is 19.2. The van der Waals surface area contributed by atoms with Crippen molar-refractivity contribution in [2.45, 2.75) is 19.0 Å². The molecular formula is C20H17F4N3OS. The highest BCUT2D eigenvalue weighted by molar-refractivity contribution is 7.22. The fourth-order valence-corrected chi connectivity index (χ4v) is 4.41. The van der Waals surface area contributed by atoms with Crippen molar-refractivity contribution in [3.63, 3.8) is 0 Å². The van der Waals surface area contributed by atoms with Gasteiger partial charge in [0.1, 0.15) is 5.82 Å². The maximum absolute atomic E-state index is 13.4. The van der Waals surface area contributed by atoms with Gasteiger partial charge in [-0.2, -0.15) is 13.2 Å². The molecule has 1 aliphatic rings. The smallest absolute Gasteiger partial charge is 0.348 e. The molecule has 1 aromatic heterocycles. The number of benzene rings is 2. The zero-order chi connectivity index (χ0) is 20.6. The summed E-state index contributed by atoms with van der Waals surface area (Å²) in [6.45, 7) is 1.27. The number of halogens is 4. The Bertz CT molecular complexity index is 1010. The summed E-state index contributed by atoms with van der Waals surface area (Å²) in [5.41, 5.74) is -0.512. The second-order valence-corrected chi connectivity index (χ2v) is 7.92. The van der Waals surface area contributed by atoms with Gasteiger partial charge in [0.2, 0.25) is 5.91 Å². The Morgan fingerprint density at radius 1 is 1.14 bits per heavy atom. The quantitative estimate of drug-likeness (QED) is 0.581. The van der Waals surface area contributed by atoms with Gasteiger partial charge < -0.3 is 10.2 Å². The van der Waals surface area contributed by atoms with Crippen LogP contribution in [0.2, 0.25) is 0 Å². The van der Waals surface area contributed by atoms with Crippen molar-refractivity contribution in [3.8, 4) is 0 Å². The highest BCUT2D eigenvalue weighted by Crippen LogP contribution is 2.34. The van der Waals surface area contributed by atoms with E-state index in [9.17, 15) is 22.4 Å². The van der Waals surface area contributed by atoms with E-state index in [2.05, 4.69) is 15.2 Å². The van der Waals surface area contributed by atoms with Gasteiger partial charge in [-0.15, -0.1) is 0 Å². The van der Waals surface area contributed by atoms with Crippen LogP contribution in [0.5, 0.6) is 0 Å². The third-order valence-corrected chi connectivity index (χ3v) is 6.06. The number of hydrogen-bond acceptors (Lipinski definition) is 4. The molecule has 1 N–H and O–H groups in total.